The Bertz CT molecular complexity index is 462. The van der Waals surface area contributed by atoms with Crippen molar-refractivity contribution >= 4 is 0 Å². The zero-order valence-corrected chi connectivity index (χ0v) is 13.7. The highest BCUT2D eigenvalue weighted by Crippen LogP contribution is 2.28. The fourth-order valence-electron chi connectivity index (χ4n) is 2.99. The molecule has 0 radical (unpaired) electrons. The lowest BCUT2D eigenvalue weighted by molar-refractivity contribution is -0.0704. The van der Waals surface area contributed by atoms with Crippen LogP contribution in [0, 0.1) is 12.8 Å². The molecule has 0 spiro atoms. The van der Waals surface area contributed by atoms with Crippen LogP contribution in [0.5, 0.6) is 0 Å². The molecule has 2 aliphatic rings. The third kappa shape index (κ3) is 5.04. The first kappa shape index (κ1) is 15.9. The summed E-state index contributed by atoms with van der Waals surface area (Å²) in [7, 11) is 0. The van der Waals surface area contributed by atoms with Gasteiger partial charge in [-0.1, -0.05) is 0 Å². The summed E-state index contributed by atoms with van der Waals surface area (Å²) in [5.41, 5.74) is 2.73. The van der Waals surface area contributed by atoms with Gasteiger partial charge in [0.25, 0.3) is 0 Å². The second-order valence-corrected chi connectivity index (χ2v) is 6.68. The number of ether oxygens (including phenoxy) is 2. The summed E-state index contributed by atoms with van der Waals surface area (Å²) < 4.78 is 11.6. The quantitative estimate of drug-likeness (QED) is 0.739. The van der Waals surface area contributed by atoms with Gasteiger partial charge >= 0.3 is 0 Å². The van der Waals surface area contributed by atoms with Crippen molar-refractivity contribution in [2.45, 2.75) is 38.7 Å². The number of rotatable bonds is 8. The summed E-state index contributed by atoms with van der Waals surface area (Å²) in [4.78, 5) is 6.74. The summed E-state index contributed by atoms with van der Waals surface area (Å²) in [5, 5.41) is 0. The fraction of sp³-hybridized carbons (Fsp3) is 0.722. The van der Waals surface area contributed by atoms with E-state index in [9.17, 15) is 0 Å². The monoisotopic (exact) mass is 304 g/mol. The highest BCUT2D eigenvalue weighted by Gasteiger charge is 2.24. The van der Waals surface area contributed by atoms with Crippen LogP contribution in [0.4, 0.5) is 0 Å². The van der Waals surface area contributed by atoms with Gasteiger partial charge in [0, 0.05) is 32.1 Å². The minimum Gasteiger partial charge on any atom is -0.378 e. The predicted octanol–water partition coefficient (Wildman–Crippen LogP) is 2.45. The SMILES string of the molecule is Cc1ccncc1CCCN1CCOC(COCC2CC2)C1. The van der Waals surface area contributed by atoms with Crippen LogP contribution < -0.4 is 0 Å². The van der Waals surface area contributed by atoms with Crippen LogP contribution in [0.2, 0.25) is 0 Å². The van der Waals surface area contributed by atoms with Crippen LogP contribution in [0.25, 0.3) is 0 Å². The van der Waals surface area contributed by atoms with Gasteiger partial charge in [0.2, 0.25) is 0 Å². The molecule has 122 valence electrons. The van der Waals surface area contributed by atoms with E-state index in [4.69, 9.17) is 9.47 Å². The lowest BCUT2D eigenvalue weighted by Crippen LogP contribution is -2.44. The highest BCUT2D eigenvalue weighted by molar-refractivity contribution is 5.21. The van der Waals surface area contributed by atoms with E-state index in [1.54, 1.807) is 0 Å². The summed E-state index contributed by atoms with van der Waals surface area (Å²) in [5.74, 6) is 0.836. The van der Waals surface area contributed by atoms with Crippen molar-refractivity contribution < 1.29 is 9.47 Å². The molecule has 0 amide bonds. The van der Waals surface area contributed by atoms with Crippen molar-refractivity contribution in [2.24, 2.45) is 5.92 Å². The first-order valence-corrected chi connectivity index (χ1v) is 8.62. The fourth-order valence-corrected chi connectivity index (χ4v) is 2.99. The number of aromatic nitrogens is 1. The Balaban J connectivity index is 1.34. The average Bonchev–Trinajstić information content (AvgIpc) is 3.34. The summed E-state index contributed by atoms with van der Waals surface area (Å²) in [6.07, 6.45) is 9.13. The van der Waals surface area contributed by atoms with E-state index in [1.165, 1.54) is 30.4 Å². The van der Waals surface area contributed by atoms with E-state index in [2.05, 4.69) is 22.9 Å². The molecule has 1 atom stereocenters. The molecule has 0 aromatic carbocycles. The molecule has 2 fully saturated rings. The van der Waals surface area contributed by atoms with Gasteiger partial charge in [-0.15, -0.1) is 0 Å². The van der Waals surface area contributed by atoms with Gasteiger partial charge in [-0.2, -0.15) is 0 Å². The molecule has 1 saturated carbocycles. The number of hydrogen-bond acceptors (Lipinski definition) is 4. The van der Waals surface area contributed by atoms with Gasteiger partial charge < -0.3 is 9.47 Å². The van der Waals surface area contributed by atoms with Gasteiger partial charge in [-0.05, 0) is 62.3 Å². The van der Waals surface area contributed by atoms with Gasteiger partial charge in [-0.25, -0.2) is 0 Å². The largest absolute Gasteiger partial charge is 0.378 e. The first-order valence-electron chi connectivity index (χ1n) is 8.62. The predicted molar refractivity (Wildman–Crippen MR) is 87.0 cm³/mol. The number of pyridine rings is 1. The molecule has 0 bridgehead atoms. The van der Waals surface area contributed by atoms with Gasteiger partial charge in [0.1, 0.15) is 0 Å². The maximum atomic E-state index is 5.82. The highest BCUT2D eigenvalue weighted by atomic mass is 16.5. The van der Waals surface area contributed by atoms with Crippen LogP contribution in [0.15, 0.2) is 18.5 Å². The molecule has 1 aromatic rings. The van der Waals surface area contributed by atoms with Crippen molar-refractivity contribution in [2.75, 3.05) is 39.5 Å². The average molecular weight is 304 g/mol. The van der Waals surface area contributed by atoms with Crippen molar-refractivity contribution in [1.82, 2.24) is 9.88 Å². The summed E-state index contributed by atoms with van der Waals surface area (Å²) in [6, 6.07) is 2.09. The Morgan fingerprint density at radius 1 is 1.36 bits per heavy atom. The normalized spacial score (nSPS) is 22.9. The Morgan fingerprint density at radius 2 is 2.27 bits per heavy atom. The molecule has 1 saturated heterocycles. The minimum atomic E-state index is 0.257. The van der Waals surface area contributed by atoms with E-state index < -0.39 is 0 Å². The summed E-state index contributed by atoms with van der Waals surface area (Å²) in [6.45, 7) is 7.88. The van der Waals surface area contributed by atoms with Crippen LogP contribution in [-0.4, -0.2) is 55.4 Å². The molecule has 22 heavy (non-hydrogen) atoms. The topological polar surface area (TPSA) is 34.6 Å². The van der Waals surface area contributed by atoms with Gasteiger partial charge in [-0.3, -0.25) is 9.88 Å². The molecule has 1 aliphatic heterocycles. The second kappa shape index (κ2) is 8.04. The number of nitrogens with zero attached hydrogens (tertiary/aromatic N) is 2. The Hall–Kier alpha value is -0.970. The standard InChI is InChI=1S/C18H28N2O2/c1-15-6-7-19-11-17(15)3-2-8-20-9-10-22-18(12-20)14-21-13-16-4-5-16/h6-7,11,16,18H,2-5,8-10,12-14H2,1H3. The molecule has 1 aliphatic carbocycles. The van der Waals surface area contributed by atoms with Crippen LogP contribution in [0.3, 0.4) is 0 Å². The van der Waals surface area contributed by atoms with E-state index >= 15 is 0 Å². The third-order valence-electron chi connectivity index (χ3n) is 4.65. The van der Waals surface area contributed by atoms with Crippen LogP contribution in [0.1, 0.15) is 30.4 Å². The number of aryl methyl sites for hydroxylation is 2. The molecule has 3 rings (SSSR count). The van der Waals surface area contributed by atoms with Crippen molar-refractivity contribution in [1.29, 1.82) is 0 Å². The molecular weight excluding hydrogens is 276 g/mol. The Morgan fingerprint density at radius 3 is 3.09 bits per heavy atom. The first-order chi connectivity index (χ1) is 10.8. The maximum Gasteiger partial charge on any atom is 0.0935 e. The van der Waals surface area contributed by atoms with Crippen molar-refractivity contribution in [3.8, 4) is 0 Å². The third-order valence-corrected chi connectivity index (χ3v) is 4.65. The molecular formula is C18H28N2O2. The van der Waals surface area contributed by atoms with E-state index in [0.717, 1.165) is 51.8 Å². The maximum absolute atomic E-state index is 5.82. The smallest absolute Gasteiger partial charge is 0.0935 e. The minimum absolute atomic E-state index is 0.257. The summed E-state index contributed by atoms with van der Waals surface area (Å²) >= 11 is 0. The van der Waals surface area contributed by atoms with Crippen LogP contribution >= 0.6 is 0 Å². The van der Waals surface area contributed by atoms with Gasteiger partial charge in [0.15, 0.2) is 0 Å². The Labute approximate surface area is 133 Å². The lowest BCUT2D eigenvalue weighted by Gasteiger charge is -2.32. The van der Waals surface area contributed by atoms with E-state index in [-0.39, 0.29) is 6.10 Å². The van der Waals surface area contributed by atoms with E-state index in [0.29, 0.717) is 0 Å². The van der Waals surface area contributed by atoms with Crippen molar-refractivity contribution in [3.05, 3.63) is 29.6 Å². The van der Waals surface area contributed by atoms with E-state index in [1.807, 2.05) is 12.4 Å². The Kier molecular flexibility index (Phi) is 5.82. The van der Waals surface area contributed by atoms with Crippen molar-refractivity contribution in [3.63, 3.8) is 0 Å². The second-order valence-electron chi connectivity index (χ2n) is 6.68. The molecule has 4 nitrogen and oxygen atoms in total. The van der Waals surface area contributed by atoms with Gasteiger partial charge in [0.05, 0.1) is 19.3 Å². The number of morpholine rings is 1. The molecule has 1 aromatic heterocycles. The zero-order valence-electron chi connectivity index (χ0n) is 13.7. The molecule has 2 heterocycles. The molecule has 0 N–H and O–H groups in total. The lowest BCUT2D eigenvalue weighted by atomic mass is 10.1. The van der Waals surface area contributed by atoms with Crippen LogP contribution in [-0.2, 0) is 15.9 Å². The molecule has 4 heteroatoms. The zero-order chi connectivity index (χ0) is 15.2. The molecule has 1 unspecified atom stereocenters. The number of hydrogen-bond donors (Lipinski definition) is 0.